The molecule has 1 fully saturated rings. The first-order chi connectivity index (χ1) is 15.4. The van der Waals surface area contributed by atoms with E-state index in [1.807, 2.05) is 12.1 Å². The molecule has 32 heavy (non-hydrogen) atoms. The van der Waals surface area contributed by atoms with Gasteiger partial charge in [0.2, 0.25) is 5.88 Å². The Morgan fingerprint density at radius 1 is 1.16 bits per heavy atom. The molecular formula is C24H26BrF2N3O2. The number of rotatable bonds is 7. The van der Waals surface area contributed by atoms with Crippen LogP contribution in [0.2, 0.25) is 0 Å². The molecule has 0 amide bonds. The lowest BCUT2D eigenvalue weighted by molar-refractivity contribution is 0.127. The highest BCUT2D eigenvalue weighted by Gasteiger charge is 2.25. The van der Waals surface area contributed by atoms with E-state index in [1.165, 1.54) is 12.1 Å². The Labute approximate surface area is 194 Å². The van der Waals surface area contributed by atoms with Crippen molar-refractivity contribution in [2.24, 2.45) is 5.92 Å². The SMILES string of the molecule is COc1ccc2nccc([C@H](O)CC3CCC(NCc4cc(F)c(Br)c(F)c4)CC3)c2n1. The molecule has 1 aliphatic carbocycles. The van der Waals surface area contributed by atoms with E-state index in [4.69, 9.17) is 4.74 Å². The van der Waals surface area contributed by atoms with Gasteiger partial charge in [-0.05, 0) is 83.8 Å². The second kappa shape index (κ2) is 10.2. The maximum atomic E-state index is 13.7. The molecule has 0 saturated heterocycles. The zero-order valence-corrected chi connectivity index (χ0v) is 19.4. The van der Waals surface area contributed by atoms with Gasteiger partial charge in [-0.15, -0.1) is 0 Å². The number of nitrogens with zero attached hydrogens (tertiary/aromatic N) is 2. The number of aliphatic hydroxyl groups is 1. The summed E-state index contributed by atoms with van der Waals surface area (Å²) in [6, 6.07) is 8.43. The van der Waals surface area contributed by atoms with Gasteiger partial charge >= 0.3 is 0 Å². The van der Waals surface area contributed by atoms with Crippen LogP contribution in [0.5, 0.6) is 5.88 Å². The molecule has 0 bridgehead atoms. The summed E-state index contributed by atoms with van der Waals surface area (Å²) in [5.41, 5.74) is 2.77. The molecule has 5 nitrogen and oxygen atoms in total. The first kappa shape index (κ1) is 23.0. The maximum Gasteiger partial charge on any atom is 0.213 e. The van der Waals surface area contributed by atoms with Gasteiger partial charge in [0.05, 0.1) is 28.7 Å². The molecule has 1 atom stereocenters. The van der Waals surface area contributed by atoms with Crippen LogP contribution in [0.1, 0.15) is 49.3 Å². The predicted molar refractivity (Wildman–Crippen MR) is 122 cm³/mol. The summed E-state index contributed by atoms with van der Waals surface area (Å²) >= 11 is 2.90. The molecule has 2 heterocycles. The minimum absolute atomic E-state index is 0.129. The fourth-order valence-corrected chi connectivity index (χ4v) is 4.66. The predicted octanol–water partition coefficient (Wildman–Crippen LogP) is 5.45. The van der Waals surface area contributed by atoms with E-state index in [0.29, 0.717) is 41.9 Å². The number of halogens is 3. The summed E-state index contributed by atoms with van der Waals surface area (Å²) in [4.78, 5) is 8.81. The first-order valence-corrected chi connectivity index (χ1v) is 11.6. The topological polar surface area (TPSA) is 67.3 Å². The smallest absolute Gasteiger partial charge is 0.213 e. The molecule has 0 spiro atoms. The summed E-state index contributed by atoms with van der Waals surface area (Å²) in [6.45, 7) is 0.426. The largest absolute Gasteiger partial charge is 0.481 e. The van der Waals surface area contributed by atoms with Crippen LogP contribution < -0.4 is 10.1 Å². The molecule has 8 heteroatoms. The highest BCUT2D eigenvalue weighted by atomic mass is 79.9. The third-order valence-corrected chi connectivity index (χ3v) is 6.96. The van der Waals surface area contributed by atoms with Crippen molar-refractivity contribution in [3.05, 3.63) is 63.8 Å². The van der Waals surface area contributed by atoms with Gasteiger partial charge in [0, 0.05) is 30.4 Å². The molecule has 170 valence electrons. The van der Waals surface area contributed by atoms with Crippen molar-refractivity contribution >= 4 is 27.0 Å². The summed E-state index contributed by atoms with van der Waals surface area (Å²) < 4.78 is 32.5. The Morgan fingerprint density at radius 3 is 2.56 bits per heavy atom. The molecule has 4 rings (SSSR count). The quantitative estimate of drug-likeness (QED) is 0.417. The summed E-state index contributed by atoms with van der Waals surface area (Å²) in [7, 11) is 1.57. The standard InChI is InChI=1S/C24H26BrF2N3O2/c1-32-22-7-6-20-24(30-22)17(8-9-28-20)21(31)12-14-2-4-16(5-3-14)29-13-15-10-18(26)23(25)19(27)11-15/h6-11,14,16,21,29,31H,2-5,12-13H2,1H3/t14?,16?,21-/m1/s1. The molecular weight excluding hydrogens is 480 g/mol. The van der Waals surface area contributed by atoms with E-state index < -0.39 is 17.7 Å². The molecule has 2 aromatic heterocycles. The van der Waals surface area contributed by atoms with Crippen LogP contribution in [0.4, 0.5) is 8.78 Å². The fourth-order valence-electron chi connectivity index (χ4n) is 4.43. The van der Waals surface area contributed by atoms with Crippen molar-refractivity contribution in [3.8, 4) is 5.88 Å². The Balaban J connectivity index is 1.32. The second-order valence-corrected chi connectivity index (χ2v) is 9.14. The lowest BCUT2D eigenvalue weighted by atomic mass is 9.81. The van der Waals surface area contributed by atoms with Gasteiger partial charge in [0.15, 0.2) is 0 Å². The van der Waals surface area contributed by atoms with E-state index in [0.717, 1.165) is 36.8 Å². The van der Waals surface area contributed by atoms with Gasteiger partial charge in [-0.25, -0.2) is 13.8 Å². The highest BCUT2D eigenvalue weighted by molar-refractivity contribution is 9.10. The number of hydrogen-bond acceptors (Lipinski definition) is 5. The molecule has 1 aromatic carbocycles. The number of aliphatic hydroxyl groups excluding tert-OH is 1. The van der Waals surface area contributed by atoms with Crippen LogP contribution in [-0.2, 0) is 6.54 Å². The minimum Gasteiger partial charge on any atom is -0.481 e. The van der Waals surface area contributed by atoms with E-state index in [9.17, 15) is 13.9 Å². The van der Waals surface area contributed by atoms with Gasteiger partial charge in [0.1, 0.15) is 11.6 Å². The van der Waals surface area contributed by atoms with Crippen LogP contribution in [0, 0.1) is 17.6 Å². The number of benzene rings is 1. The van der Waals surface area contributed by atoms with Crippen LogP contribution in [0.15, 0.2) is 41.0 Å². The van der Waals surface area contributed by atoms with E-state index >= 15 is 0 Å². The number of aromatic nitrogens is 2. The highest BCUT2D eigenvalue weighted by Crippen LogP contribution is 2.34. The van der Waals surface area contributed by atoms with E-state index in [1.54, 1.807) is 19.4 Å². The number of methoxy groups -OCH3 is 1. The number of pyridine rings is 2. The molecule has 1 aliphatic rings. The number of hydrogen-bond donors (Lipinski definition) is 2. The molecule has 3 aromatic rings. The van der Waals surface area contributed by atoms with E-state index in [2.05, 4.69) is 31.2 Å². The Bertz CT molecular complexity index is 1070. The zero-order chi connectivity index (χ0) is 22.7. The summed E-state index contributed by atoms with van der Waals surface area (Å²) in [6.07, 6.45) is 5.62. The van der Waals surface area contributed by atoms with Gasteiger partial charge in [-0.3, -0.25) is 4.98 Å². The summed E-state index contributed by atoms with van der Waals surface area (Å²) in [5.74, 6) is -0.277. The van der Waals surface area contributed by atoms with Crippen molar-refractivity contribution in [3.63, 3.8) is 0 Å². The monoisotopic (exact) mass is 505 g/mol. The number of fused-ring (bicyclic) bond motifs is 1. The normalized spacial score (nSPS) is 19.8. The van der Waals surface area contributed by atoms with Gasteiger partial charge < -0.3 is 15.2 Å². The lowest BCUT2D eigenvalue weighted by Gasteiger charge is -2.30. The Morgan fingerprint density at radius 2 is 1.88 bits per heavy atom. The third kappa shape index (κ3) is 5.24. The maximum absolute atomic E-state index is 13.7. The number of ether oxygens (including phenoxy) is 1. The van der Waals surface area contributed by atoms with Gasteiger partial charge in [-0.1, -0.05) is 0 Å². The molecule has 2 N–H and O–H groups in total. The number of nitrogens with one attached hydrogen (secondary N) is 1. The second-order valence-electron chi connectivity index (χ2n) is 8.35. The third-order valence-electron chi connectivity index (χ3n) is 6.20. The molecule has 1 saturated carbocycles. The van der Waals surface area contributed by atoms with Crippen molar-refractivity contribution < 1.29 is 18.6 Å². The van der Waals surface area contributed by atoms with Crippen LogP contribution in [0.3, 0.4) is 0 Å². The molecule has 0 aliphatic heterocycles. The molecule has 0 radical (unpaired) electrons. The van der Waals surface area contributed by atoms with Crippen LogP contribution in [-0.4, -0.2) is 28.2 Å². The Hall–Kier alpha value is -2.16. The van der Waals surface area contributed by atoms with Crippen LogP contribution in [0.25, 0.3) is 11.0 Å². The zero-order valence-electron chi connectivity index (χ0n) is 17.8. The van der Waals surface area contributed by atoms with Crippen molar-refractivity contribution in [1.82, 2.24) is 15.3 Å². The van der Waals surface area contributed by atoms with Gasteiger partial charge in [0.25, 0.3) is 0 Å². The van der Waals surface area contributed by atoms with Gasteiger partial charge in [-0.2, -0.15) is 0 Å². The van der Waals surface area contributed by atoms with Crippen molar-refractivity contribution in [2.75, 3.05) is 7.11 Å². The van der Waals surface area contributed by atoms with Crippen molar-refractivity contribution in [1.29, 1.82) is 0 Å². The minimum atomic E-state index is -0.622. The average molecular weight is 506 g/mol. The van der Waals surface area contributed by atoms with E-state index in [-0.39, 0.29) is 4.47 Å². The Kier molecular flexibility index (Phi) is 7.33. The van der Waals surface area contributed by atoms with Crippen LogP contribution >= 0.6 is 15.9 Å². The summed E-state index contributed by atoms with van der Waals surface area (Å²) in [5, 5.41) is 14.3. The molecule has 0 unspecified atom stereocenters. The first-order valence-electron chi connectivity index (χ1n) is 10.8. The average Bonchev–Trinajstić information content (AvgIpc) is 2.81. The van der Waals surface area contributed by atoms with Crippen molar-refractivity contribution in [2.45, 2.75) is 50.8 Å². The fraction of sp³-hybridized carbons (Fsp3) is 0.417. The lowest BCUT2D eigenvalue weighted by Crippen LogP contribution is -2.33.